The number of carbonyl (C=O) groups is 1. The van der Waals surface area contributed by atoms with Crippen LogP contribution in [-0.4, -0.2) is 11.7 Å². The number of hydrogen-bond donors (Lipinski definition) is 0. The Morgan fingerprint density at radius 1 is 1.43 bits per heavy atom. The molecule has 0 N–H and O–H groups in total. The molecule has 0 heterocycles. The predicted molar refractivity (Wildman–Crippen MR) is 52.3 cm³/mol. The number of carbonyl (C=O) groups excluding carboxylic acids is 1. The van der Waals surface area contributed by atoms with Crippen LogP contribution in [0.3, 0.4) is 0 Å². The minimum Gasteiger partial charge on any atom is -0.549 e. The van der Waals surface area contributed by atoms with Gasteiger partial charge in [-0.05, 0) is 12.5 Å². The summed E-state index contributed by atoms with van der Waals surface area (Å²) in [7, 11) is 0. The molecule has 2 nitrogen and oxygen atoms in total. The van der Waals surface area contributed by atoms with Gasteiger partial charge in [-0.1, -0.05) is 30.3 Å². The topological polar surface area (TPSA) is 40.1 Å². The van der Waals surface area contributed by atoms with Crippen molar-refractivity contribution in [1.29, 1.82) is 0 Å². The predicted octanol–water partition coefficient (Wildman–Crippen LogP) is -1.77. The van der Waals surface area contributed by atoms with E-state index < -0.39 is 5.97 Å². The van der Waals surface area contributed by atoms with E-state index in [-0.39, 0.29) is 40.6 Å². The van der Waals surface area contributed by atoms with Gasteiger partial charge < -0.3 is 9.90 Å². The number of carboxylic acids is 1. The van der Waals surface area contributed by atoms with Gasteiger partial charge in [0.05, 0.1) is 5.97 Å². The van der Waals surface area contributed by atoms with Crippen molar-refractivity contribution in [2.45, 2.75) is 12.2 Å². The average molecular weight is 218 g/mol. The molecule has 0 aliphatic rings. The third-order valence-corrected chi connectivity index (χ3v) is 2.89. The summed E-state index contributed by atoms with van der Waals surface area (Å²) in [4.78, 5) is 10.2. The SMILES string of the molecule is C[C@@H](SCC(=O)[O-])c1ccccc1.[Na+]. The number of aliphatic carboxylic acids is 1. The van der Waals surface area contributed by atoms with E-state index in [0.29, 0.717) is 0 Å². The molecule has 1 aromatic rings. The number of hydrogen-bond acceptors (Lipinski definition) is 3. The summed E-state index contributed by atoms with van der Waals surface area (Å²) in [6.45, 7) is 1.99. The van der Waals surface area contributed by atoms with Gasteiger partial charge in [-0.3, -0.25) is 0 Å². The fourth-order valence-corrected chi connectivity index (χ4v) is 1.75. The molecule has 0 unspecified atom stereocenters. The van der Waals surface area contributed by atoms with Crippen molar-refractivity contribution in [2.24, 2.45) is 0 Å². The van der Waals surface area contributed by atoms with Crippen molar-refractivity contribution in [3.05, 3.63) is 35.9 Å². The Morgan fingerprint density at radius 2 is 2.00 bits per heavy atom. The Morgan fingerprint density at radius 3 is 2.50 bits per heavy atom. The van der Waals surface area contributed by atoms with Gasteiger partial charge in [0.25, 0.3) is 0 Å². The summed E-state index contributed by atoms with van der Waals surface area (Å²) in [5, 5.41) is 10.4. The molecule has 0 amide bonds. The van der Waals surface area contributed by atoms with Gasteiger partial charge in [-0.2, -0.15) is 0 Å². The Labute approximate surface area is 110 Å². The van der Waals surface area contributed by atoms with Crippen LogP contribution in [0, 0.1) is 0 Å². The second-order valence-electron chi connectivity index (χ2n) is 2.74. The zero-order valence-corrected chi connectivity index (χ0v) is 11.2. The van der Waals surface area contributed by atoms with E-state index in [1.807, 2.05) is 37.3 Å². The smallest absolute Gasteiger partial charge is 0.549 e. The largest absolute Gasteiger partial charge is 1.00 e. The van der Waals surface area contributed by atoms with E-state index in [9.17, 15) is 9.90 Å². The van der Waals surface area contributed by atoms with Gasteiger partial charge in [-0.25, -0.2) is 0 Å². The number of thioether (sulfide) groups is 1. The van der Waals surface area contributed by atoms with Crippen molar-refractivity contribution in [3.8, 4) is 0 Å². The van der Waals surface area contributed by atoms with Crippen molar-refractivity contribution < 1.29 is 39.5 Å². The Bertz CT molecular complexity index is 277. The van der Waals surface area contributed by atoms with E-state index in [1.165, 1.54) is 11.8 Å². The molecule has 0 bridgehead atoms. The molecule has 0 saturated carbocycles. The molecule has 4 heteroatoms. The van der Waals surface area contributed by atoms with Crippen LogP contribution >= 0.6 is 11.8 Å². The molecular formula is C10H11NaO2S. The number of benzene rings is 1. The molecule has 1 aromatic carbocycles. The summed E-state index contributed by atoms with van der Waals surface area (Å²) in [6.07, 6.45) is 0. The first kappa shape index (κ1) is 14.0. The quantitative estimate of drug-likeness (QED) is 0.562. The van der Waals surface area contributed by atoms with Crippen LogP contribution in [0.15, 0.2) is 30.3 Å². The van der Waals surface area contributed by atoms with E-state index in [1.54, 1.807) is 0 Å². The fraction of sp³-hybridized carbons (Fsp3) is 0.300. The van der Waals surface area contributed by atoms with Crippen LogP contribution in [-0.2, 0) is 4.79 Å². The van der Waals surface area contributed by atoms with Crippen LogP contribution < -0.4 is 34.7 Å². The Kier molecular flexibility index (Phi) is 7.37. The van der Waals surface area contributed by atoms with Crippen molar-refractivity contribution in [2.75, 3.05) is 5.75 Å². The maximum absolute atomic E-state index is 10.2. The fourth-order valence-electron chi connectivity index (χ4n) is 1.01. The second-order valence-corrected chi connectivity index (χ2v) is 4.07. The maximum Gasteiger partial charge on any atom is 1.00 e. The number of carboxylic acid groups (broad SMARTS) is 1. The molecule has 0 aliphatic heterocycles. The van der Waals surface area contributed by atoms with Crippen LogP contribution in [0.2, 0.25) is 0 Å². The van der Waals surface area contributed by atoms with E-state index in [4.69, 9.17) is 0 Å². The van der Waals surface area contributed by atoms with Crippen LogP contribution in [0.1, 0.15) is 17.7 Å². The first-order valence-corrected chi connectivity index (χ1v) is 5.11. The van der Waals surface area contributed by atoms with E-state index >= 15 is 0 Å². The minimum atomic E-state index is -1.01. The van der Waals surface area contributed by atoms with Crippen LogP contribution in [0.4, 0.5) is 0 Å². The Balaban J connectivity index is 0.00000169. The zero-order chi connectivity index (χ0) is 9.68. The molecular weight excluding hydrogens is 207 g/mol. The zero-order valence-electron chi connectivity index (χ0n) is 8.40. The van der Waals surface area contributed by atoms with Gasteiger partial charge in [0.2, 0.25) is 0 Å². The summed E-state index contributed by atoms with van der Waals surface area (Å²) in [6, 6.07) is 9.83. The summed E-state index contributed by atoms with van der Waals surface area (Å²) < 4.78 is 0. The van der Waals surface area contributed by atoms with E-state index in [2.05, 4.69) is 0 Å². The van der Waals surface area contributed by atoms with Crippen molar-refractivity contribution in [1.82, 2.24) is 0 Å². The van der Waals surface area contributed by atoms with Gasteiger partial charge in [0, 0.05) is 11.0 Å². The standard InChI is InChI=1S/C10H12O2S.Na/c1-8(13-7-10(11)12)9-5-3-2-4-6-9;/h2-6,8H,7H2,1H3,(H,11,12);/q;+1/p-1/t8-;/m1./s1. The van der Waals surface area contributed by atoms with Gasteiger partial charge in [0.15, 0.2) is 0 Å². The van der Waals surface area contributed by atoms with Gasteiger partial charge in [-0.15, -0.1) is 11.8 Å². The first-order valence-electron chi connectivity index (χ1n) is 4.06. The maximum atomic E-state index is 10.2. The number of rotatable bonds is 4. The third-order valence-electron chi connectivity index (χ3n) is 1.72. The first-order chi connectivity index (χ1) is 6.20. The molecule has 70 valence electrons. The summed E-state index contributed by atoms with van der Waals surface area (Å²) in [5.74, 6) is -0.955. The second kappa shape index (κ2) is 7.35. The molecule has 1 atom stereocenters. The van der Waals surface area contributed by atoms with E-state index in [0.717, 1.165) is 5.56 Å². The summed E-state index contributed by atoms with van der Waals surface area (Å²) >= 11 is 1.38. The summed E-state index contributed by atoms with van der Waals surface area (Å²) in [5.41, 5.74) is 1.15. The molecule has 14 heavy (non-hydrogen) atoms. The van der Waals surface area contributed by atoms with Gasteiger partial charge in [0.1, 0.15) is 0 Å². The molecule has 0 aromatic heterocycles. The normalized spacial score (nSPS) is 11.5. The van der Waals surface area contributed by atoms with Crippen molar-refractivity contribution >= 4 is 17.7 Å². The third kappa shape index (κ3) is 5.05. The average Bonchev–Trinajstić information content (AvgIpc) is 2.15. The molecule has 0 radical (unpaired) electrons. The molecule has 0 aliphatic carbocycles. The van der Waals surface area contributed by atoms with Crippen LogP contribution in [0.25, 0.3) is 0 Å². The molecule has 0 saturated heterocycles. The minimum absolute atomic E-state index is 0. The molecule has 0 spiro atoms. The molecule has 0 fully saturated rings. The monoisotopic (exact) mass is 218 g/mol. The van der Waals surface area contributed by atoms with Gasteiger partial charge >= 0.3 is 29.6 Å². The van der Waals surface area contributed by atoms with Crippen molar-refractivity contribution in [3.63, 3.8) is 0 Å². The Hall–Kier alpha value is 0.0400. The van der Waals surface area contributed by atoms with Crippen LogP contribution in [0.5, 0.6) is 0 Å². The molecule has 1 rings (SSSR count).